The zero-order valence-corrected chi connectivity index (χ0v) is 18.6. The molecule has 1 N–H and O–H groups in total. The van der Waals surface area contributed by atoms with Gasteiger partial charge in [-0.2, -0.15) is 0 Å². The van der Waals surface area contributed by atoms with Gasteiger partial charge in [0.2, 0.25) is 0 Å². The molecule has 0 radical (unpaired) electrons. The van der Waals surface area contributed by atoms with Crippen molar-refractivity contribution >= 4 is 23.1 Å². The molecule has 3 aromatic carbocycles. The van der Waals surface area contributed by atoms with E-state index in [1.54, 1.807) is 12.1 Å². The standard InChI is InChI=1S/C27H25FN2O2/c1-16-5-9-21(13-18(16)3)24-25(29-23-12-6-17(2)19(4)14-23)27(32)30(26(24)31)15-20-7-10-22(28)11-8-20/h5-14,29H,15H2,1-4H3. The van der Waals surface area contributed by atoms with Crippen LogP contribution in [0.15, 0.2) is 66.4 Å². The fourth-order valence-corrected chi connectivity index (χ4v) is 3.74. The zero-order chi connectivity index (χ0) is 23.0. The first-order valence-electron chi connectivity index (χ1n) is 10.5. The number of rotatable bonds is 5. The van der Waals surface area contributed by atoms with Crippen molar-refractivity contribution in [2.24, 2.45) is 0 Å². The quantitative estimate of drug-likeness (QED) is 0.550. The van der Waals surface area contributed by atoms with Gasteiger partial charge in [-0.25, -0.2) is 4.39 Å². The number of nitrogens with one attached hydrogen (secondary N) is 1. The average molecular weight is 429 g/mol. The lowest BCUT2D eigenvalue weighted by atomic mass is 9.99. The molecule has 0 aromatic heterocycles. The second-order valence-corrected chi connectivity index (χ2v) is 8.30. The van der Waals surface area contributed by atoms with Gasteiger partial charge in [-0.05, 0) is 85.3 Å². The molecule has 0 saturated heterocycles. The van der Waals surface area contributed by atoms with E-state index in [2.05, 4.69) is 5.32 Å². The highest BCUT2D eigenvalue weighted by atomic mass is 19.1. The van der Waals surface area contributed by atoms with Crippen molar-refractivity contribution in [3.05, 3.63) is 106 Å². The molecule has 1 heterocycles. The van der Waals surface area contributed by atoms with E-state index in [9.17, 15) is 14.0 Å². The molecule has 1 aliphatic rings. The van der Waals surface area contributed by atoms with E-state index in [1.807, 2.05) is 64.1 Å². The number of nitrogens with zero attached hydrogens (tertiary/aromatic N) is 1. The number of anilines is 1. The molecular weight excluding hydrogens is 403 g/mol. The van der Waals surface area contributed by atoms with Gasteiger partial charge in [0.1, 0.15) is 11.5 Å². The maximum atomic E-state index is 13.4. The van der Waals surface area contributed by atoms with Gasteiger partial charge in [0.05, 0.1) is 12.1 Å². The lowest BCUT2D eigenvalue weighted by Crippen LogP contribution is -2.32. The first-order valence-corrected chi connectivity index (χ1v) is 10.5. The van der Waals surface area contributed by atoms with E-state index >= 15 is 0 Å². The SMILES string of the molecule is Cc1ccc(NC2=C(c3ccc(C)c(C)c3)C(=O)N(Cc3ccc(F)cc3)C2=O)cc1C. The molecule has 162 valence electrons. The van der Waals surface area contributed by atoms with Crippen molar-refractivity contribution in [1.82, 2.24) is 4.90 Å². The Bertz CT molecular complexity index is 1260. The van der Waals surface area contributed by atoms with E-state index in [4.69, 9.17) is 0 Å². The van der Waals surface area contributed by atoms with E-state index < -0.39 is 5.91 Å². The summed E-state index contributed by atoms with van der Waals surface area (Å²) in [4.78, 5) is 28.0. The van der Waals surface area contributed by atoms with E-state index in [1.165, 1.54) is 17.0 Å². The number of halogens is 1. The molecule has 0 unspecified atom stereocenters. The minimum atomic E-state index is -0.397. The Morgan fingerprint density at radius 1 is 0.750 bits per heavy atom. The Morgan fingerprint density at radius 2 is 1.38 bits per heavy atom. The molecule has 0 aliphatic carbocycles. The van der Waals surface area contributed by atoms with Crippen LogP contribution in [0, 0.1) is 33.5 Å². The van der Waals surface area contributed by atoms with Crippen LogP contribution in [0.4, 0.5) is 10.1 Å². The van der Waals surface area contributed by atoms with Crippen molar-refractivity contribution in [3.63, 3.8) is 0 Å². The van der Waals surface area contributed by atoms with Crippen molar-refractivity contribution in [2.45, 2.75) is 34.2 Å². The monoisotopic (exact) mass is 428 g/mol. The summed E-state index contributed by atoms with van der Waals surface area (Å²) in [7, 11) is 0. The molecule has 2 amide bonds. The number of amides is 2. The fourth-order valence-electron chi connectivity index (χ4n) is 3.74. The Morgan fingerprint density at radius 3 is 2.00 bits per heavy atom. The maximum absolute atomic E-state index is 13.4. The molecule has 32 heavy (non-hydrogen) atoms. The summed E-state index contributed by atoms with van der Waals surface area (Å²) < 4.78 is 13.3. The molecular formula is C27H25FN2O2. The smallest absolute Gasteiger partial charge is 0.278 e. The Labute approximate surface area is 187 Å². The predicted molar refractivity (Wildman–Crippen MR) is 124 cm³/mol. The Kier molecular flexibility index (Phi) is 5.66. The molecule has 3 aromatic rings. The van der Waals surface area contributed by atoms with Crippen LogP contribution in [0.5, 0.6) is 0 Å². The van der Waals surface area contributed by atoms with E-state index in [0.29, 0.717) is 16.7 Å². The topological polar surface area (TPSA) is 49.4 Å². The van der Waals surface area contributed by atoms with Crippen LogP contribution in [-0.4, -0.2) is 16.7 Å². The summed E-state index contributed by atoms with van der Waals surface area (Å²) in [5, 5.41) is 3.20. The second-order valence-electron chi connectivity index (χ2n) is 8.30. The maximum Gasteiger partial charge on any atom is 0.278 e. The summed E-state index contributed by atoms with van der Waals surface area (Å²) >= 11 is 0. The largest absolute Gasteiger partial charge is 0.350 e. The molecule has 0 fully saturated rings. The van der Waals surface area contributed by atoms with Crippen molar-refractivity contribution in [2.75, 3.05) is 5.32 Å². The molecule has 0 bridgehead atoms. The highest BCUT2D eigenvalue weighted by Gasteiger charge is 2.39. The number of hydrogen-bond acceptors (Lipinski definition) is 3. The first kappa shape index (κ1) is 21.5. The first-order chi connectivity index (χ1) is 15.2. The van der Waals surface area contributed by atoms with Gasteiger partial charge in [-0.1, -0.05) is 36.4 Å². The number of carbonyl (C=O) groups is 2. The zero-order valence-electron chi connectivity index (χ0n) is 18.6. The molecule has 5 heteroatoms. The highest BCUT2D eigenvalue weighted by molar-refractivity contribution is 6.36. The summed E-state index contributed by atoms with van der Waals surface area (Å²) in [6.45, 7) is 8.08. The van der Waals surface area contributed by atoms with E-state index in [0.717, 1.165) is 27.9 Å². The van der Waals surface area contributed by atoms with E-state index in [-0.39, 0.29) is 24.0 Å². The third kappa shape index (κ3) is 4.06. The number of aryl methyl sites for hydroxylation is 4. The molecule has 0 atom stereocenters. The molecule has 0 saturated carbocycles. The van der Waals surface area contributed by atoms with Crippen LogP contribution < -0.4 is 5.32 Å². The average Bonchev–Trinajstić information content (AvgIpc) is 2.98. The van der Waals surface area contributed by atoms with Crippen molar-refractivity contribution < 1.29 is 14.0 Å². The van der Waals surface area contributed by atoms with Crippen LogP contribution >= 0.6 is 0 Å². The predicted octanol–water partition coefficient (Wildman–Crippen LogP) is 5.45. The second kappa shape index (κ2) is 8.42. The fraction of sp³-hybridized carbons (Fsp3) is 0.185. The lowest BCUT2D eigenvalue weighted by Gasteiger charge is -2.15. The summed E-state index contributed by atoms with van der Waals surface area (Å²) in [6.07, 6.45) is 0. The van der Waals surface area contributed by atoms with Crippen LogP contribution in [0.2, 0.25) is 0 Å². The van der Waals surface area contributed by atoms with Gasteiger partial charge in [0, 0.05) is 5.69 Å². The third-order valence-corrected chi connectivity index (χ3v) is 5.99. The number of hydrogen-bond donors (Lipinski definition) is 1. The van der Waals surface area contributed by atoms with Crippen molar-refractivity contribution in [1.29, 1.82) is 0 Å². The number of carbonyl (C=O) groups excluding carboxylic acids is 2. The number of benzene rings is 3. The Hall–Kier alpha value is -3.73. The van der Waals surface area contributed by atoms with Gasteiger partial charge in [-0.15, -0.1) is 0 Å². The summed E-state index contributed by atoms with van der Waals surface area (Å²) in [6, 6.07) is 17.4. The minimum absolute atomic E-state index is 0.0738. The van der Waals surface area contributed by atoms with Crippen LogP contribution in [0.3, 0.4) is 0 Å². The van der Waals surface area contributed by atoms with Gasteiger partial charge in [0.25, 0.3) is 11.8 Å². The summed E-state index contributed by atoms with van der Waals surface area (Å²) in [5.41, 5.74) is 7.10. The molecule has 0 spiro atoms. The minimum Gasteiger partial charge on any atom is -0.350 e. The van der Waals surface area contributed by atoms with Gasteiger partial charge < -0.3 is 5.32 Å². The third-order valence-electron chi connectivity index (χ3n) is 5.99. The molecule has 4 nitrogen and oxygen atoms in total. The van der Waals surface area contributed by atoms with Crippen LogP contribution in [-0.2, 0) is 16.1 Å². The van der Waals surface area contributed by atoms with Crippen LogP contribution in [0.25, 0.3) is 5.57 Å². The Balaban J connectivity index is 1.76. The van der Waals surface area contributed by atoms with Gasteiger partial charge in [-0.3, -0.25) is 14.5 Å². The van der Waals surface area contributed by atoms with Gasteiger partial charge in [0.15, 0.2) is 0 Å². The van der Waals surface area contributed by atoms with Crippen LogP contribution in [0.1, 0.15) is 33.4 Å². The molecule has 4 rings (SSSR count). The van der Waals surface area contributed by atoms with Crippen molar-refractivity contribution in [3.8, 4) is 0 Å². The normalized spacial score (nSPS) is 13.8. The van der Waals surface area contributed by atoms with Gasteiger partial charge >= 0.3 is 0 Å². The lowest BCUT2D eigenvalue weighted by molar-refractivity contribution is -0.137. The summed E-state index contributed by atoms with van der Waals surface area (Å²) in [5.74, 6) is -1.13. The molecule has 1 aliphatic heterocycles. The highest BCUT2D eigenvalue weighted by Crippen LogP contribution is 2.32. The number of imide groups is 1.